The predicted molar refractivity (Wildman–Crippen MR) is 102 cm³/mol. The number of benzene rings is 1. The number of hydrogen-bond donors (Lipinski definition) is 0. The van der Waals surface area contributed by atoms with E-state index in [1.165, 1.54) is 4.88 Å². The molecule has 0 saturated carbocycles. The SMILES string of the molecule is Clc1ccc(C(Cn2ccnc2)SCc2ccc(Cl)s2)c(Cl)c1. The smallest absolute Gasteiger partial charge is 0.0946 e. The first-order valence-electron chi connectivity index (χ1n) is 6.88. The maximum atomic E-state index is 6.41. The van der Waals surface area contributed by atoms with Crippen LogP contribution < -0.4 is 0 Å². The van der Waals surface area contributed by atoms with Gasteiger partial charge in [0.15, 0.2) is 0 Å². The van der Waals surface area contributed by atoms with E-state index in [2.05, 4.69) is 15.6 Å². The zero-order valence-electron chi connectivity index (χ0n) is 12.0. The van der Waals surface area contributed by atoms with Gasteiger partial charge in [-0.25, -0.2) is 4.98 Å². The van der Waals surface area contributed by atoms with E-state index >= 15 is 0 Å². The molecule has 2 nitrogen and oxygen atoms in total. The van der Waals surface area contributed by atoms with Crippen molar-refractivity contribution in [2.45, 2.75) is 17.5 Å². The molecular weight excluding hydrogens is 391 g/mol. The van der Waals surface area contributed by atoms with Gasteiger partial charge in [0.05, 0.1) is 10.7 Å². The highest BCUT2D eigenvalue weighted by Crippen LogP contribution is 2.39. The number of hydrogen-bond acceptors (Lipinski definition) is 3. The number of nitrogens with zero attached hydrogens (tertiary/aromatic N) is 2. The fraction of sp³-hybridized carbons (Fsp3) is 0.188. The maximum Gasteiger partial charge on any atom is 0.0946 e. The summed E-state index contributed by atoms with van der Waals surface area (Å²) >= 11 is 21.9. The number of thioether (sulfide) groups is 1. The van der Waals surface area contributed by atoms with E-state index in [-0.39, 0.29) is 5.25 Å². The Morgan fingerprint density at radius 3 is 2.70 bits per heavy atom. The Morgan fingerprint density at radius 2 is 2.04 bits per heavy atom. The van der Waals surface area contributed by atoms with Gasteiger partial charge in [-0.15, -0.1) is 23.1 Å². The summed E-state index contributed by atoms with van der Waals surface area (Å²) in [5, 5.41) is 1.55. The average molecular weight is 404 g/mol. The normalized spacial score (nSPS) is 12.5. The number of rotatable bonds is 6. The third-order valence-corrected chi connectivity index (χ3v) is 6.56. The van der Waals surface area contributed by atoms with E-state index in [4.69, 9.17) is 34.8 Å². The second-order valence-corrected chi connectivity index (χ2v) is 8.77. The van der Waals surface area contributed by atoms with Gasteiger partial charge in [-0.05, 0) is 29.8 Å². The van der Waals surface area contributed by atoms with Crippen molar-refractivity contribution in [3.8, 4) is 0 Å². The van der Waals surface area contributed by atoms with Crippen molar-refractivity contribution in [3.63, 3.8) is 0 Å². The van der Waals surface area contributed by atoms with Gasteiger partial charge in [0, 0.05) is 44.9 Å². The Hall–Kier alpha value is -0.650. The summed E-state index contributed by atoms with van der Waals surface area (Å²) in [7, 11) is 0. The van der Waals surface area contributed by atoms with E-state index in [9.17, 15) is 0 Å². The van der Waals surface area contributed by atoms with Crippen LogP contribution in [0.1, 0.15) is 15.7 Å². The molecule has 0 spiro atoms. The van der Waals surface area contributed by atoms with Gasteiger partial charge < -0.3 is 4.57 Å². The topological polar surface area (TPSA) is 17.8 Å². The minimum Gasteiger partial charge on any atom is -0.336 e. The largest absolute Gasteiger partial charge is 0.336 e. The molecule has 0 fully saturated rings. The minimum absolute atomic E-state index is 0.204. The van der Waals surface area contributed by atoms with Crippen LogP contribution >= 0.6 is 57.9 Å². The molecule has 23 heavy (non-hydrogen) atoms. The van der Waals surface area contributed by atoms with E-state index in [1.807, 2.05) is 42.5 Å². The summed E-state index contributed by atoms with van der Waals surface area (Å²) in [6.07, 6.45) is 5.56. The molecule has 0 bridgehead atoms. The summed E-state index contributed by atoms with van der Waals surface area (Å²) < 4.78 is 2.88. The monoisotopic (exact) mass is 402 g/mol. The fourth-order valence-electron chi connectivity index (χ4n) is 2.20. The van der Waals surface area contributed by atoms with E-state index < -0.39 is 0 Å². The van der Waals surface area contributed by atoms with Gasteiger partial charge in [-0.3, -0.25) is 0 Å². The van der Waals surface area contributed by atoms with Gasteiger partial charge in [0.2, 0.25) is 0 Å². The summed E-state index contributed by atoms with van der Waals surface area (Å²) in [5.41, 5.74) is 1.08. The van der Waals surface area contributed by atoms with Crippen molar-refractivity contribution < 1.29 is 0 Å². The van der Waals surface area contributed by atoms with Gasteiger partial charge >= 0.3 is 0 Å². The maximum absolute atomic E-state index is 6.41. The quantitative estimate of drug-likeness (QED) is 0.462. The second-order valence-electron chi connectivity index (χ2n) is 4.93. The van der Waals surface area contributed by atoms with Crippen LogP contribution in [-0.2, 0) is 12.3 Å². The van der Waals surface area contributed by atoms with Gasteiger partial charge in [0.1, 0.15) is 0 Å². The molecule has 0 radical (unpaired) electrons. The number of imidazole rings is 1. The first-order valence-corrected chi connectivity index (χ1v) is 9.88. The van der Waals surface area contributed by atoms with Crippen LogP contribution in [0.5, 0.6) is 0 Å². The lowest BCUT2D eigenvalue weighted by molar-refractivity contribution is 0.683. The highest BCUT2D eigenvalue weighted by atomic mass is 35.5. The summed E-state index contributed by atoms with van der Waals surface area (Å²) in [4.78, 5) is 5.36. The van der Waals surface area contributed by atoms with Gasteiger partial charge in [0.25, 0.3) is 0 Å². The zero-order valence-corrected chi connectivity index (χ0v) is 15.9. The average Bonchev–Trinajstić information content (AvgIpc) is 3.15. The van der Waals surface area contributed by atoms with Crippen LogP contribution in [0, 0.1) is 0 Å². The number of halogens is 3. The number of thiophene rings is 1. The van der Waals surface area contributed by atoms with Crippen molar-refractivity contribution in [2.75, 3.05) is 0 Å². The highest BCUT2D eigenvalue weighted by molar-refractivity contribution is 7.98. The van der Waals surface area contributed by atoms with Crippen LogP contribution in [0.15, 0.2) is 49.1 Å². The van der Waals surface area contributed by atoms with Crippen molar-refractivity contribution in [1.82, 2.24) is 9.55 Å². The van der Waals surface area contributed by atoms with E-state index in [1.54, 1.807) is 23.6 Å². The third-order valence-electron chi connectivity index (χ3n) is 3.30. The molecule has 120 valence electrons. The van der Waals surface area contributed by atoms with Crippen molar-refractivity contribution in [1.29, 1.82) is 0 Å². The van der Waals surface area contributed by atoms with Crippen molar-refractivity contribution in [3.05, 3.63) is 73.9 Å². The van der Waals surface area contributed by atoms with Crippen molar-refractivity contribution in [2.24, 2.45) is 0 Å². The standard InChI is InChI=1S/C16H13Cl3N2S2/c17-11-1-3-13(14(18)7-11)15(8-21-6-5-20-10-21)22-9-12-2-4-16(19)23-12/h1-7,10,15H,8-9H2. The molecule has 2 aromatic heterocycles. The molecule has 0 aliphatic rings. The lowest BCUT2D eigenvalue weighted by Gasteiger charge is -2.19. The summed E-state index contributed by atoms with van der Waals surface area (Å²) in [5.74, 6) is 0.885. The van der Waals surface area contributed by atoms with Crippen LogP contribution in [0.2, 0.25) is 14.4 Å². The van der Waals surface area contributed by atoms with Gasteiger partial charge in [-0.2, -0.15) is 0 Å². The van der Waals surface area contributed by atoms with Crippen LogP contribution in [0.25, 0.3) is 0 Å². The number of aromatic nitrogens is 2. The van der Waals surface area contributed by atoms with Crippen LogP contribution in [0.3, 0.4) is 0 Å². The molecule has 7 heteroatoms. The lowest BCUT2D eigenvalue weighted by atomic mass is 10.1. The zero-order chi connectivity index (χ0) is 16.2. The molecular formula is C16H13Cl3N2S2. The molecule has 1 aromatic carbocycles. The lowest BCUT2D eigenvalue weighted by Crippen LogP contribution is -2.06. The summed E-state index contributed by atoms with van der Waals surface area (Å²) in [6, 6.07) is 9.68. The molecule has 0 aliphatic heterocycles. The highest BCUT2D eigenvalue weighted by Gasteiger charge is 2.17. The third kappa shape index (κ3) is 4.68. The molecule has 1 atom stereocenters. The van der Waals surface area contributed by atoms with Gasteiger partial charge in [-0.1, -0.05) is 40.9 Å². The minimum atomic E-state index is 0.204. The second kappa shape index (κ2) is 7.95. The van der Waals surface area contributed by atoms with E-state index in [0.717, 1.165) is 22.2 Å². The molecule has 0 saturated heterocycles. The fourth-order valence-corrected chi connectivity index (χ4v) is 5.25. The van der Waals surface area contributed by atoms with Crippen molar-refractivity contribution >= 4 is 57.9 Å². The molecule has 1 unspecified atom stereocenters. The first-order chi connectivity index (χ1) is 11.1. The Bertz CT molecular complexity index is 771. The molecule has 2 heterocycles. The predicted octanol–water partition coefficient (Wildman–Crippen LogP) is 6.58. The Balaban J connectivity index is 1.80. The Morgan fingerprint density at radius 1 is 1.17 bits per heavy atom. The summed E-state index contributed by atoms with van der Waals surface area (Å²) in [6.45, 7) is 0.797. The molecule has 3 rings (SSSR count). The van der Waals surface area contributed by atoms with E-state index in [0.29, 0.717) is 10.0 Å². The van der Waals surface area contributed by atoms with Crippen LogP contribution in [-0.4, -0.2) is 9.55 Å². The molecule has 3 aromatic rings. The first kappa shape index (κ1) is 17.2. The molecule has 0 N–H and O–H groups in total. The Kier molecular flexibility index (Phi) is 5.94. The Labute approximate surface area is 158 Å². The molecule has 0 aliphatic carbocycles. The molecule has 0 amide bonds. The van der Waals surface area contributed by atoms with Crippen LogP contribution in [0.4, 0.5) is 0 Å².